The molecule has 21 heavy (non-hydrogen) atoms. The Bertz CT molecular complexity index is 544. The number of aromatic nitrogens is 1. The highest BCUT2D eigenvalue weighted by Gasteiger charge is 1.99. The smallest absolute Gasteiger partial charge is 0.125 e. The Kier molecular flexibility index (Phi) is 6.12. The molecule has 0 aliphatic carbocycles. The maximum absolute atomic E-state index is 4.45. The number of benzene rings is 1. The third kappa shape index (κ3) is 5.43. The summed E-state index contributed by atoms with van der Waals surface area (Å²) < 4.78 is 0. The number of nitrogens with one attached hydrogen (secondary N) is 1. The van der Waals surface area contributed by atoms with E-state index in [0.29, 0.717) is 0 Å². The molecule has 3 heteroatoms. The Hall–Kier alpha value is -1.48. The highest BCUT2D eigenvalue weighted by atomic mass is 32.2. The van der Waals surface area contributed by atoms with Gasteiger partial charge in [0.15, 0.2) is 0 Å². The molecule has 0 radical (unpaired) electrons. The van der Waals surface area contributed by atoms with Crippen LogP contribution in [0.15, 0.2) is 36.5 Å². The number of nitrogens with zero attached hydrogens (tertiary/aromatic N) is 1. The van der Waals surface area contributed by atoms with Crippen molar-refractivity contribution in [1.82, 2.24) is 4.98 Å². The highest BCUT2D eigenvalue weighted by molar-refractivity contribution is 7.97. The van der Waals surface area contributed by atoms with Gasteiger partial charge in [0, 0.05) is 24.2 Å². The Morgan fingerprint density at radius 2 is 1.71 bits per heavy atom. The van der Waals surface area contributed by atoms with Crippen molar-refractivity contribution < 1.29 is 0 Å². The normalized spacial score (nSPS) is 10.6. The Morgan fingerprint density at radius 3 is 2.33 bits per heavy atom. The lowest BCUT2D eigenvalue weighted by Gasteiger charge is -2.07. The molecule has 0 amide bonds. The van der Waals surface area contributed by atoms with E-state index < -0.39 is 0 Å². The number of rotatable bonds is 7. The van der Waals surface area contributed by atoms with Gasteiger partial charge < -0.3 is 5.32 Å². The Balaban J connectivity index is 1.82. The zero-order chi connectivity index (χ0) is 15.1. The average Bonchev–Trinajstić information content (AvgIpc) is 2.45. The highest BCUT2D eigenvalue weighted by Crippen LogP contribution is 2.20. The van der Waals surface area contributed by atoms with Gasteiger partial charge in [-0.05, 0) is 37.5 Å². The molecule has 1 aromatic heterocycles. The monoisotopic (exact) mass is 300 g/mol. The molecule has 0 fully saturated rings. The zero-order valence-corrected chi connectivity index (χ0v) is 14.0. The topological polar surface area (TPSA) is 24.9 Å². The SMILES string of the molecule is CCCNc1ccc(CSCc2cc(C)cc(C)c2)cn1. The maximum Gasteiger partial charge on any atom is 0.125 e. The largest absolute Gasteiger partial charge is 0.370 e. The van der Waals surface area contributed by atoms with E-state index in [2.05, 4.69) is 61.4 Å². The quantitative estimate of drug-likeness (QED) is 0.783. The molecule has 1 heterocycles. The summed E-state index contributed by atoms with van der Waals surface area (Å²) in [6.07, 6.45) is 3.10. The van der Waals surface area contributed by atoms with Gasteiger partial charge in [-0.1, -0.05) is 42.3 Å². The van der Waals surface area contributed by atoms with Gasteiger partial charge in [0.25, 0.3) is 0 Å². The van der Waals surface area contributed by atoms with Crippen molar-refractivity contribution in [3.8, 4) is 0 Å². The van der Waals surface area contributed by atoms with Crippen molar-refractivity contribution in [2.24, 2.45) is 0 Å². The molecule has 0 saturated heterocycles. The second-order valence-corrected chi connectivity index (χ2v) is 6.45. The molecule has 0 spiro atoms. The van der Waals surface area contributed by atoms with Crippen molar-refractivity contribution in [3.05, 3.63) is 58.8 Å². The standard InChI is InChI=1S/C18H24N2S/c1-4-7-19-18-6-5-16(11-20-18)12-21-13-17-9-14(2)8-15(3)10-17/h5-6,8-11H,4,7,12-13H2,1-3H3,(H,19,20). The molecule has 1 aromatic carbocycles. The maximum atomic E-state index is 4.45. The minimum atomic E-state index is 0.972. The fraction of sp³-hybridized carbons (Fsp3) is 0.389. The van der Waals surface area contributed by atoms with Crippen LogP contribution in [0, 0.1) is 13.8 Å². The summed E-state index contributed by atoms with van der Waals surface area (Å²) in [5.74, 6) is 3.03. The molecule has 0 aliphatic rings. The van der Waals surface area contributed by atoms with Crippen LogP contribution in [0.3, 0.4) is 0 Å². The summed E-state index contributed by atoms with van der Waals surface area (Å²) in [4.78, 5) is 4.45. The van der Waals surface area contributed by atoms with Gasteiger partial charge in [-0.25, -0.2) is 4.98 Å². The first-order valence-electron chi connectivity index (χ1n) is 7.51. The number of thioether (sulfide) groups is 1. The van der Waals surface area contributed by atoms with Crippen LogP contribution in [0.25, 0.3) is 0 Å². The molecule has 0 bridgehead atoms. The second kappa shape index (κ2) is 8.08. The van der Waals surface area contributed by atoms with Gasteiger partial charge in [0.2, 0.25) is 0 Å². The second-order valence-electron chi connectivity index (χ2n) is 5.47. The van der Waals surface area contributed by atoms with Crippen molar-refractivity contribution in [1.29, 1.82) is 0 Å². The molecular weight excluding hydrogens is 276 g/mol. The summed E-state index contributed by atoms with van der Waals surface area (Å²) in [5.41, 5.74) is 5.38. The summed E-state index contributed by atoms with van der Waals surface area (Å²) in [6, 6.07) is 11.0. The number of pyridine rings is 1. The molecule has 112 valence electrons. The van der Waals surface area contributed by atoms with Gasteiger partial charge >= 0.3 is 0 Å². The molecule has 2 aromatic rings. The first-order chi connectivity index (χ1) is 10.2. The lowest BCUT2D eigenvalue weighted by Crippen LogP contribution is -2.01. The molecule has 0 saturated carbocycles. The summed E-state index contributed by atoms with van der Waals surface area (Å²) in [7, 11) is 0. The van der Waals surface area contributed by atoms with E-state index in [1.807, 2.05) is 18.0 Å². The van der Waals surface area contributed by atoms with Crippen LogP contribution >= 0.6 is 11.8 Å². The predicted molar refractivity (Wildman–Crippen MR) is 93.9 cm³/mol. The lowest BCUT2D eigenvalue weighted by atomic mass is 10.1. The van der Waals surface area contributed by atoms with Crippen LogP contribution in [-0.2, 0) is 11.5 Å². The van der Waals surface area contributed by atoms with Crippen molar-refractivity contribution in [2.75, 3.05) is 11.9 Å². The van der Waals surface area contributed by atoms with Crippen molar-refractivity contribution in [3.63, 3.8) is 0 Å². The van der Waals surface area contributed by atoms with Gasteiger partial charge in [-0.3, -0.25) is 0 Å². The van der Waals surface area contributed by atoms with E-state index in [-0.39, 0.29) is 0 Å². The minimum absolute atomic E-state index is 0.972. The average molecular weight is 300 g/mol. The molecule has 0 unspecified atom stereocenters. The van der Waals surface area contributed by atoms with Gasteiger partial charge in [-0.2, -0.15) is 11.8 Å². The van der Waals surface area contributed by atoms with Crippen LogP contribution in [0.4, 0.5) is 5.82 Å². The third-order valence-electron chi connectivity index (χ3n) is 3.20. The minimum Gasteiger partial charge on any atom is -0.370 e. The Labute approximate surface area is 132 Å². The van der Waals surface area contributed by atoms with Gasteiger partial charge in [0.1, 0.15) is 5.82 Å². The van der Waals surface area contributed by atoms with Gasteiger partial charge in [-0.15, -0.1) is 0 Å². The molecule has 1 N–H and O–H groups in total. The predicted octanol–water partition coefficient (Wildman–Crippen LogP) is 4.95. The summed E-state index contributed by atoms with van der Waals surface area (Å²) in [5, 5.41) is 3.30. The lowest BCUT2D eigenvalue weighted by molar-refractivity contribution is 0.968. The fourth-order valence-electron chi connectivity index (χ4n) is 2.31. The van der Waals surface area contributed by atoms with E-state index in [4.69, 9.17) is 0 Å². The molecule has 0 aliphatic heterocycles. The third-order valence-corrected chi connectivity index (χ3v) is 4.27. The number of anilines is 1. The number of aryl methyl sites for hydroxylation is 2. The number of hydrogen-bond acceptors (Lipinski definition) is 3. The Morgan fingerprint density at radius 1 is 1.00 bits per heavy atom. The van der Waals surface area contributed by atoms with E-state index in [0.717, 1.165) is 30.3 Å². The first kappa shape index (κ1) is 15.9. The number of hydrogen-bond donors (Lipinski definition) is 1. The first-order valence-corrected chi connectivity index (χ1v) is 8.66. The summed E-state index contributed by atoms with van der Waals surface area (Å²) >= 11 is 1.94. The molecule has 2 nitrogen and oxygen atoms in total. The summed E-state index contributed by atoms with van der Waals surface area (Å²) in [6.45, 7) is 7.46. The van der Waals surface area contributed by atoms with Crippen LogP contribution in [0.2, 0.25) is 0 Å². The van der Waals surface area contributed by atoms with Gasteiger partial charge in [0.05, 0.1) is 0 Å². The molecular formula is C18H24N2S. The molecule has 2 rings (SSSR count). The van der Waals surface area contributed by atoms with Crippen LogP contribution in [0.5, 0.6) is 0 Å². The van der Waals surface area contributed by atoms with Crippen molar-refractivity contribution in [2.45, 2.75) is 38.7 Å². The molecule has 0 atom stereocenters. The fourth-order valence-corrected chi connectivity index (χ4v) is 3.22. The van der Waals surface area contributed by atoms with E-state index in [1.54, 1.807) is 0 Å². The van der Waals surface area contributed by atoms with E-state index in [9.17, 15) is 0 Å². The van der Waals surface area contributed by atoms with Crippen LogP contribution in [-0.4, -0.2) is 11.5 Å². The van der Waals surface area contributed by atoms with Crippen LogP contribution < -0.4 is 5.32 Å². The van der Waals surface area contributed by atoms with E-state index >= 15 is 0 Å². The van der Waals surface area contributed by atoms with Crippen LogP contribution in [0.1, 0.15) is 35.6 Å². The van der Waals surface area contributed by atoms with E-state index in [1.165, 1.54) is 22.3 Å². The van der Waals surface area contributed by atoms with Crippen molar-refractivity contribution >= 4 is 17.6 Å². The zero-order valence-electron chi connectivity index (χ0n) is 13.1.